The maximum Gasteiger partial charge on any atom is 0.0672 e. The monoisotopic (exact) mass is 263 g/mol. The van der Waals surface area contributed by atoms with Crippen LogP contribution in [0.3, 0.4) is 0 Å². The smallest absolute Gasteiger partial charge is 0.0672 e. The second kappa shape index (κ2) is 7.66. The molecule has 1 aromatic rings. The summed E-state index contributed by atoms with van der Waals surface area (Å²) in [7, 11) is 0. The van der Waals surface area contributed by atoms with Gasteiger partial charge in [0.1, 0.15) is 0 Å². The Morgan fingerprint density at radius 1 is 1.16 bits per heavy atom. The van der Waals surface area contributed by atoms with E-state index in [1.165, 1.54) is 11.1 Å². The number of benzene rings is 1. The molecule has 0 bridgehead atoms. The fraction of sp³-hybridized carbons (Fsp3) is 0.647. The first-order valence-electron chi connectivity index (χ1n) is 7.46. The van der Waals surface area contributed by atoms with Gasteiger partial charge in [-0.2, -0.15) is 0 Å². The predicted molar refractivity (Wildman–Crippen MR) is 82.6 cm³/mol. The van der Waals surface area contributed by atoms with E-state index in [4.69, 9.17) is 0 Å². The zero-order valence-corrected chi connectivity index (χ0v) is 12.9. The molecule has 1 unspecified atom stereocenters. The summed E-state index contributed by atoms with van der Waals surface area (Å²) in [5, 5.41) is 13.7. The fourth-order valence-corrected chi connectivity index (χ4v) is 2.21. The second-order valence-corrected chi connectivity index (χ2v) is 6.07. The lowest BCUT2D eigenvalue weighted by atomic mass is 9.92. The van der Waals surface area contributed by atoms with Crippen LogP contribution in [0.2, 0.25) is 0 Å². The van der Waals surface area contributed by atoms with Gasteiger partial charge in [-0.3, -0.25) is 0 Å². The highest BCUT2D eigenvalue weighted by Gasteiger charge is 2.20. The van der Waals surface area contributed by atoms with Crippen LogP contribution in [0.1, 0.15) is 57.6 Å². The molecule has 2 nitrogen and oxygen atoms in total. The molecule has 1 atom stereocenters. The van der Waals surface area contributed by atoms with Crippen LogP contribution in [0.4, 0.5) is 0 Å². The Morgan fingerprint density at radius 3 is 2.32 bits per heavy atom. The third-order valence-corrected chi connectivity index (χ3v) is 3.50. The molecule has 0 aliphatic rings. The Kier molecular flexibility index (Phi) is 6.53. The standard InChI is InChI=1S/C17H29NO/c1-5-11-18-12-10-17(4,19)13-15-6-8-16(9-7-15)14(2)3/h6-9,14,18-19H,5,10-13H2,1-4H3. The highest BCUT2D eigenvalue weighted by molar-refractivity contribution is 5.25. The van der Waals surface area contributed by atoms with Crippen LogP contribution in [0, 0.1) is 0 Å². The largest absolute Gasteiger partial charge is 0.390 e. The Morgan fingerprint density at radius 2 is 1.79 bits per heavy atom. The predicted octanol–water partition coefficient (Wildman–Crippen LogP) is 3.49. The average molecular weight is 263 g/mol. The van der Waals surface area contributed by atoms with Crippen molar-refractivity contribution in [1.82, 2.24) is 5.32 Å². The molecule has 19 heavy (non-hydrogen) atoms. The lowest BCUT2D eigenvalue weighted by Gasteiger charge is -2.24. The van der Waals surface area contributed by atoms with Crippen LogP contribution >= 0.6 is 0 Å². The average Bonchev–Trinajstić information content (AvgIpc) is 2.35. The van der Waals surface area contributed by atoms with Crippen molar-refractivity contribution in [2.75, 3.05) is 13.1 Å². The fourth-order valence-electron chi connectivity index (χ4n) is 2.21. The van der Waals surface area contributed by atoms with E-state index in [0.717, 1.165) is 32.4 Å². The quantitative estimate of drug-likeness (QED) is 0.704. The minimum Gasteiger partial charge on any atom is -0.390 e. The molecule has 0 amide bonds. The molecule has 0 heterocycles. The highest BCUT2D eigenvalue weighted by Crippen LogP contribution is 2.19. The van der Waals surface area contributed by atoms with E-state index in [-0.39, 0.29) is 0 Å². The van der Waals surface area contributed by atoms with E-state index in [0.29, 0.717) is 5.92 Å². The van der Waals surface area contributed by atoms with Gasteiger partial charge in [-0.1, -0.05) is 45.0 Å². The van der Waals surface area contributed by atoms with Gasteiger partial charge in [-0.05, 0) is 49.9 Å². The number of hydrogen-bond donors (Lipinski definition) is 2. The molecule has 2 N–H and O–H groups in total. The summed E-state index contributed by atoms with van der Waals surface area (Å²) in [4.78, 5) is 0. The third kappa shape index (κ3) is 6.22. The van der Waals surface area contributed by atoms with E-state index in [9.17, 15) is 5.11 Å². The van der Waals surface area contributed by atoms with Gasteiger partial charge in [-0.25, -0.2) is 0 Å². The van der Waals surface area contributed by atoms with Crippen LogP contribution in [-0.2, 0) is 6.42 Å². The van der Waals surface area contributed by atoms with Gasteiger partial charge >= 0.3 is 0 Å². The molecule has 0 aromatic heterocycles. The minimum atomic E-state index is -0.625. The Bertz CT molecular complexity index is 354. The Balaban J connectivity index is 2.47. The first-order chi connectivity index (χ1) is 8.94. The highest BCUT2D eigenvalue weighted by atomic mass is 16.3. The van der Waals surface area contributed by atoms with Crippen LogP contribution in [-0.4, -0.2) is 23.8 Å². The van der Waals surface area contributed by atoms with Crippen LogP contribution in [0.15, 0.2) is 24.3 Å². The molecule has 1 rings (SSSR count). The van der Waals surface area contributed by atoms with Crippen LogP contribution in [0.25, 0.3) is 0 Å². The van der Waals surface area contributed by atoms with Crippen molar-refractivity contribution in [2.45, 2.75) is 58.5 Å². The SMILES string of the molecule is CCCNCCC(C)(O)Cc1ccc(C(C)C)cc1. The van der Waals surface area contributed by atoms with Gasteiger partial charge in [0.2, 0.25) is 0 Å². The maximum absolute atomic E-state index is 10.4. The zero-order valence-electron chi connectivity index (χ0n) is 12.9. The van der Waals surface area contributed by atoms with Crippen molar-refractivity contribution in [3.8, 4) is 0 Å². The Hall–Kier alpha value is -0.860. The van der Waals surface area contributed by atoms with Crippen molar-refractivity contribution in [3.05, 3.63) is 35.4 Å². The van der Waals surface area contributed by atoms with E-state index in [1.807, 2.05) is 6.92 Å². The molecule has 2 heteroatoms. The zero-order chi connectivity index (χ0) is 14.3. The van der Waals surface area contributed by atoms with Crippen molar-refractivity contribution < 1.29 is 5.11 Å². The van der Waals surface area contributed by atoms with Crippen molar-refractivity contribution in [1.29, 1.82) is 0 Å². The molecule has 0 aliphatic heterocycles. The number of nitrogens with one attached hydrogen (secondary N) is 1. The molecule has 0 saturated heterocycles. The summed E-state index contributed by atoms with van der Waals surface area (Å²) in [6.07, 6.45) is 2.65. The van der Waals surface area contributed by atoms with Gasteiger partial charge in [0, 0.05) is 6.42 Å². The molecule has 0 fully saturated rings. The van der Waals surface area contributed by atoms with Gasteiger partial charge in [-0.15, -0.1) is 0 Å². The Labute approximate surface area is 118 Å². The van der Waals surface area contributed by atoms with Gasteiger partial charge < -0.3 is 10.4 Å². The van der Waals surface area contributed by atoms with Gasteiger partial charge in [0.05, 0.1) is 5.60 Å². The lowest BCUT2D eigenvalue weighted by molar-refractivity contribution is 0.0516. The number of aliphatic hydroxyl groups is 1. The molecular formula is C17H29NO. The first-order valence-corrected chi connectivity index (χ1v) is 7.46. The van der Waals surface area contributed by atoms with Crippen molar-refractivity contribution in [3.63, 3.8) is 0 Å². The minimum absolute atomic E-state index is 0.563. The molecule has 0 radical (unpaired) electrons. The molecule has 108 valence electrons. The maximum atomic E-state index is 10.4. The normalized spacial score (nSPS) is 14.6. The molecule has 0 saturated carbocycles. The molecule has 0 spiro atoms. The number of hydrogen-bond acceptors (Lipinski definition) is 2. The summed E-state index contributed by atoms with van der Waals surface area (Å²) in [5.74, 6) is 0.563. The van der Waals surface area contributed by atoms with Crippen molar-refractivity contribution in [2.24, 2.45) is 0 Å². The molecule has 0 aliphatic carbocycles. The van der Waals surface area contributed by atoms with E-state index < -0.39 is 5.60 Å². The first kappa shape index (κ1) is 16.2. The second-order valence-electron chi connectivity index (χ2n) is 6.07. The summed E-state index contributed by atoms with van der Waals surface area (Å²) < 4.78 is 0. The lowest BCUT2D eigenvalue weighted by Crippen LogP contribution is -2.32. The topological polar surface area (TPSA) is 32.3 Å². The molecule has 1 aromatic carbocycles. The van der Waals surface area contributed by atoms with Crippen molar-refractivity contribution >= 4 is 0 Å². The summed E-state index contributed by atoms with van der Waals surface area (Å²) in [6, 6.07) is 8.63. The van der Waals surface area contributed by atoms with Gasteiger partial charge in [0.25, 0.3) is 0 Å². The summed E-state index contributed by atoms with van der Waals surface area (Å²) in [6.45, 7) is 10.4. The van der Waals surface area contributed by atoms with E-state index in [1.54, 1.807) is 0 Å². The molecular weight excluding hydrogens is 234 g/mol. The van der Waals surface area contributed by atoms with E-state index in [2.05, 4.69) is 50.4 Å². The number of rotatable bonds is 8. The van der Waals surface area contributed by atoms with Crippen LogP contribution in [0.5, 0.6) is 0 Å². The van der Waals surface area contributed by atoms with Crippen LogP contribution < -0.4 is 5.32 Å². The third-order valence-electron chi connectivity index (χ3n) is 3.50. The van der Waals surface area contributed by atoms with Gasteiger partial charge in [0.15, 0.2) is 0 Å². The van der Waals surface area contributed by atoms with E-state index >= 15 is 0 Å². The summed E-state index contributed by atoms with van der Waals surface area (Å²) >= 11 is 0. The summed E-state index contributed by atoms with van der Waals surface area (Å²) in [5.41, 5.74) is 1.94.